The minimum absolute atomic E-state index is 0.153. The SMILES string of the molecule is CC1CC(F)(C(=O)OCc2ccccc2)C1. The van der Waals surface area contributed by atoms with E-state index >= 15 is 0 Å². The van der Waals surface area contributed by atoms with Crippen LogP contribution in [0.5, 0.6) is 0 Å². The first kappa shape index (κ1) is 11.1. The number of carbonyl (C=O) groups is 1. The van der Waals surface area contributed by atoms with Crippen molar-refractivity contribution in [2.75, 3.05) is 0 Å². The molecule has 0 saturated heterocycles. The van der Waals surface area contributed by atoms with Crippen molar-refractivity contribution in [1.82, 2.24) is 0 Å². The van der Waals surface area contributed by atoms with E-state index in [2.05, 4.69) is 0 Å². The number of hydrogen-bond acceptors (Lipinski definition) is 2. The van der Waals surface area contributed by atoms with Crippen LogP contribution < -0.4 is 0 Å². The summed E-state index contributed by atoms with van der Waals surface area (Å²) < 4.78 is 18.7. The smallest absolute Gasteiger partial charge is 0.344 e. The van der Waals surface area contributed by atoms with Gasteiger partial charge in [0.15, 0.2) is 0 Å². The Kier molecular flexibility index (Phi) is 2.95. The quantitative estimate of drug-likeness (QED) is 0.735. The molecule has 0 aromatic heterocycles. The standard InChI is InChI=1S/C13H15FO2/c1-10-7-13(14,8-10)12(15)16-9-11-5-3-2-4-6-11/h2-6,10H,7-9H2,1H3. The van der Waals surface area contributed by atoms with E-state index in [0.717, 1.165) is 5.56 Å². The first-order chi connectivity index (χ1) is 7.60. The van der Waals surface area contributed by atoms with Crippen molar-refractivity contribution in [2.45, 2.75) is 32.0 Å². The van der Waals surface area contributed by atoms with Gasteiger partial charge in [-0.25, -0.2) is 9.18 Å². The molecule has 2 nitrogen and oxygen atoms in total. The van der Waals surface area contributed by atoms with E-state index in [-0.39, 0.29) is 12.5 Å². The summed E-state index contributed by atoms with van der Waals surface area (Å²) in [6.07, 6.45) is 0.585. The molecule has 1 aromatic carbocycles. The maximum atomic E-state index is 13.8. The van der Waals surface area contributed by atoms with Gasteiger partial charge in [-0.15, -0.1) is 0 Å². The molecule has 2 rings (SSSR count). The minimum Gasteiger partial charge on any atom is -0.458 e. The summed E-state index contributed by atoms with van der Waals surface area (Å²) in [4.78, 5) is 11.5. The van der Waals surface area contributed by atoms with E-state index in [1.165, 1.54) is 0 Å². The summed E-state index contributed by atoms with van der Waals surface area (Å²) in [5.74, 6) is -0.427. The molecular formula is C13H15FO2. The summed E-state index contributed by atoms with van der Waals surface area (Å²) in [7, 11) is 0. The van der Waals surface area contributed by atoms with Crippen LogP contribution in [0.1, 0.15) is 25.3 Å². The van der Waals surface area contributed by atoms with Crippen LogP contribution in [0, 0.1) is 5.92 Å². The highest BCUT2D eigenvalue weighted by molar-refractivity contribution is 5.80. The maximum Gasteiger partial charge on any atom is 0.344 e. The Morgan fingerprint density at radius 2 is 2.06 bits per heavy atom. The molecule has 0 aliphatic heterocycles. The van der Waals surface area contributed by atoms with Crippen LogP contribution in [-0.2, 0) is 16.1 Å². The van der Waals surface area contributed by atoms with Crippen molar-refractivity contribution in [3.63, 3.8) is 0 Å². The molecule has 86 valence electrons. The normalized spacial score (nSPS) is 28.2. The summed E-state index contributed by atoms with van der Waals surface area (Å²) in [5.41, 5.74) is -0.847. The lowest BCUT2D eigenvalue weighted by Crippen LogP contribution is -2.46. The van der Waals surface area contributed by atoms with Crippen molar-refractivity contribution in [1.29, 1.82) is 0 Å². The van der Waals surface area contributed by atoms with Crippen molar-refractivity contribution in [3.8, 4) is 0 Å². The van der Waals surface area contributed by atoms with E-state index in [9.17, 15) is 9.18 Å². The Morgan fingerprint density at radius 3 is 2.62 bits per heavy atom. The Morgan fingerprint density at radius 1 is 1.44 bits per heavy atom. The van der Waals surface area contributed by atoms with Gasteiger partial charge in [0.05, 0.1) is 0 Å². The van der Waals surface area contributed by atoms with Crippen LogP contribution in [0.15, 0.2) is 30.3 Å². The molecule has 0 unspecified atom stereocenters. The molecule has 1 aliphatic rings. The van der Waals surface area contributed by atoms with Gasteiger partial charge in [-0.2, -0.15) is 0 Å². The second-order valence-electron chi connectivity index (χ2n) is 4.54. The van der Waals surface area contributed by atoms with E-state index in [0.29, 0.717) is 12.8 Å². The fraction of sp³-hybridized carbons (Fsp3) is 0.462. The fourth-order valence-corrected chi connectivity index (χ4v) is 2.06. The molecule has 0 spiro atoms. The zero-order valence-electron chi connectivity index (χ0n) is 9.28. The minimum atomic E-state index is -1.73. The average Bonchev–Trinajstić information content (AvgIpc) is 2.25. The van der Waals surface area contributed by atoms with Crippen LogP contribution in [0.2, 0.25) is 0 Å². The topological polar surface area (TPSA) is 26.3 Å². The second kappa shape index (κ2) is 4.24. The summed E-state index contributed by atoms with van der Waals surface area (Å²) in [5, 5.41) is 0. The first-order valence-electron chi connectivity index (χ1n) is 5.50. The van der Waals surface area contributed by atoms with Gasteiger partial charge in [-0.3, -0.25) is 0 Å². The van der Waals surface area contributed by atoms with Crippen LogP contribution in [-0.4, -0.2) is 11.6 Å². The molecule has 0 amide bonds. The van der Waals surface area contributed by atoms with Crippen LogP contribution in [0.4, 0.5) is 4.39 Å². The number of esters is 1. The molecule has 3 heteroatoms. The lowest BCUT2D eigenvalue weighted by atomic mass is 9.73. The van der Waals surface area contributed by atoms with Gasteiger partial charge in [-0.05, 0) is 24.3 Å². The molecule has 1 aliphatic carbocycles. The Labute approximate surface area is 94.4 Å². The number of hydrogen-bond donors (Lipinski definition) is 0. The van der Waals surface area contributed by atoms with Gasteiger partial charge in [0.2, 0.25) is 5.67 Å². The van der Waals surface area contributed by atoms with Crippen molar-refractivity contribution in [3.05, 3.63) is 35.9 Å². The highest BCUT2D eigenvalue weighted by Crippen LogP contribution is 2.41. The average molecular weight is 222 g/mol. The third kappa shape index (κ3) is 2.23. The van der Waals surface area contributed by atoms with Gasteiger partial charge >= 0.3 is 5.97 Å². The molecular weight excluding hydrogens is 207 g/mol. The highest BCUT2D eigenvalue weighted by Gasteiger charge is 2.50. The summed E-state index contributed by atoms with van der Waals surface area (Å²) in [6.45, 7) is 2.09. The molecule has 0 radical (unpaired) electrons. The van der Waals surface area contributed by atoms with E-state index in [1.807, 2.05) is 37.3 Å². The maximum absolute atomic E-state index is 13.8. The van der Waals surface area contributed by atoms with Gasteiger partial charge in [0, 0.05) is 0 Å². The predicted molar refractivity (Wildman–Crippen MR) is 58.5 cm³/mol. The molecule has 16 heavy (non-hydrogen) atoms. The Bertz CT molecular complexity index is 369. The molecule has 0 atom stereocenters. The molecule has 0 N–H and O–H groups in total. The highest BCUT2D eigenvalue weighted by atomic mass is 19.1. The lowest BCUT2D eigenvalue weighted by molar-refractivity contribution is -0.169. The zero-order valence-corrected chi connectivity index (χ0v) is 9.28. The van der Waals surface area contributed by atoms with E-state index < -0.39 is 11.6 Å². The fourth-order valence-electron chi connectivity index (χ4n) is 2.06. The number of carbonyl (C=O) groups excluding carboxylic acids is 1. The molecule has 1 aromatic rings. The molecule has 0 bridgehead atoms. The van der Waals surface area contributed by atoms with Gasteiger partial charge in [0.25, 0.3) is 0 Å². The third-order valence-corrected chi connectivity index (χ3v) is 2.92. The van der Waals surface area contributed by atoms with Crippen molar-refractivity contribution >= 4 is 5.97 Å². The third-order valence-electron chi connectivity index (χ3n) is 2.92. The number of alkyl halides is 1. The Hall–Kier alpha value is -1.38. The molecule has 1 fully saturated rings. The van der Waals surface area contributed by atoms with Crippen LogP contribution in [0.25, 0.3) is 0 Å². The monoisotopic (exact) mass is 222 g/mol. The number of ether oxygens (including phenoxy) is 1. The van der Waals surface area contributed by atoms with Gasteiger partial charge < -0.3 is 4.74 Å². The Balaban J connectivity index is 1.85. The predicted octanol–water partition coefficient (Wildman–Crippen LogP) is 2.87. The van der Waals surface area contributed by atoms with Crippen molar-refractivity contribution in [2.24, 2.45) is 5.92 Å². The summed E-state index contributed by atoms with van der Waals surface area (Å²) >= 11 is 0. The van der Waals surface area contributed by atoms with E-state index in [1.54, 1.807) is 0 Å². The first-order valence-corrected chi connectivity index (χ1v) is 5.50. The van der Waals surface area contributed by atoms with E-state index in [4.69, 9.17) is 4.74 Å². The van der Waals surface area contributed by atoms with Crippen molar-refractivity contribution < 1.29 is 13.9 Å². The number of halogens is 1. The molecule has 0 heterocycles. The lowest BCUT2D eigenvalue weighted by Gasteiger charge is -2.36. The zero-order chi connectivity index (χ0) is 11.6. The number of rotatable bonds is 3. The van der Waals surface area contributed by atoms with Crippen LogP contribution in [0.3, 0.4) is 0 Å². The van der Waals surface area contributed by atoms with Gasteiger partial charge in [-0.1, -0.05) is 37.3 Å². The largest absolute Gasteiger partial charge is 0.458 e. The van der Waals surface area contributed by atoms with Gasteiger partial charge in [0.1, 0.15) is 6.61 Å². The number of benzene rings is 1. The summed E-state index contributed by atoms with van der Waals surface area (Å²) in [6, 6.07) is 9.30. The second-order valence-corrected chi connectivity index (χ2v) is 4.54. The molecule has 1 saturated carbocycles. The van der Waals surface area contributed by atoms with Crippen LogP contribution >= 0.6 is 0 Å².